The van der Waals surface area contributed by atoms with Gasteiger partial charge in [-0.3, -0.25) is 9.59 Å². The van der Waals surface area contributed by atoms with Crippen molar-refractivity contribution in [2.75, 3.05) is 0 Å². The molecule has 1 heterocycles. The minimum Gasteiger partial charge on any atom is -0.273 e. The molecule has 0 aliphatic carbocycles. The van der Waals surface area contributed by atoms with Crippen LogP contribution in [-0.2, 0) is 9.59 Å². The average molecular weight is 284 g/mol. The lowest BCUT2D eigenvalue weighted by atomic mass is 10.0. The summed E-state index contributed by atoms with van der Waals surface area (Å²) in [6.45, 7) is 1.71. The fourth-order valence-corrected chi connectivity index (χ4v) is 1.83. The number of amides is 2. The van der Waals surface area contributed by atoms with Crippen LogP contribution in [0.15, 0.2) is 46.6 Å². The van der Waals surface area contributed by atoms with Crippen molar-refractivity contribution in [1.82, 2.24) is 10.9 Å². The first-order chi connectivity index (χ1) is 10.2. The highest BCUT2D eigenvalue weighted by Gasteiger charge is 2.28. The molecule has 1 aliphatic heterocycles. The second kappa shape index (κ2) is 7.14. The lowest BCUT2D eigenvalue weighted by molar-refractivity contribution is -0.127. The normalized spacial score (nSPS) is 18.0. The highest BCUT2D eigenvalue weighted by atomic mass is 16.2. The van der Waals surface area contributed by atoms with Gasteiger partial charge < -0.3 is 0 Å². The van der Waals surface area contributed by atoms with Gasteiger partial charge in [0.2, 0.25) is 11.8 Å². The van der Waals surface area contributed by atoms with Crippen LogP contribution in [0.3, 0.4) is 0 Å². The molecule has 2 rings (SSSR count). The summed E-state index contributed by atoms with van der Waals surface area (Å²) >= 11 is 0. The van der Waals surface area contributed by atoms with Crippen LogP contribution in [0, 0.1) is 5.92 Å². The van der Waals surface area contributed by atoms with Gasteiger partial charge in [-0.2, -0.15) is 10.2 Å². The molecule has 2 amide bonds. The molecule has 0 fully saturated rings. The Hall–Kier alpha value is -2.76. The Morgan fingerprint density at radius 3 is 2.86 bits per heavy atom. The monoisotopic (exact) mass is 284 g/mol. The van der Waals surface area contributed by atoms with E-state index in [4.69, 9.17) is 0 Å². The molecule has 108 valence electrons. The summed E-state index contributed by atoms with van der Waals surface area (Å²) in [6.07, 6.45) is 5.13. The minimum absolute atomic E-state index is 0.0426. The van der Waals surface area contributed by atoms with Crippen molar-refractivity contribution >= 4 is 29.8 Å². The van der Waals surface area contributed by atoms with Gasteiger partial charge in [0.25, 0.3) is 0 Å². The van der Waals surface area contributed by atoms with Crippen molar-refractivity contribution in [3.05, 3.63) is 42.0 Å². The Labute approximate surface area is 122 Å². The van der Waals surface area contributed by atoms with Gasteiger partial charge in [0, 0.05) is 18.3 Å². The second-order valence-corrected chi connectivity index (χ2v) is 4.57. The standard InChI is InChI=1S/C15H16N4O2/c1-11-13(15(21)19-17-11)10-14(20)18-16-9-5-8-12-6-3-2-4-7-12/h2-9,13H,10H2,1H3,(H,18,20)(H,19,21)/b8-5+,16-9+. The van der Waals surface area contributed by atoms with E-state index >= 15 is 0 Å². The number of allylic oxidation sites excluding steroid dienone is 1. The Morgan fingerprint density at radius 1 is 1.43 bits per heavy atom. The van der Waals surface area contributed by atoms with Gasteiger partial charge in [-0.1, -0.05) is 36.4 Å². The largest absolute Gasteiger partial charge is 0.273 e. The Kier molecular flexibility index (Phi) is 4.98. The van der Waals surface area contributed by atoms with E-state index in [0.717, 1.165) is 5.56 Å². The molecule has 0 saturated carbocycles. The molecule has 21 heavy (non-hydrogen) atoms. The Morgan fingerprint density at radius 2 is 2.19 bits per heavy atom. The van der Waals surface area contributed by atoms with Crippen molar-refractivity contribution in [1.29, 1.82) is 0 Å². The van der Waals surface area contributed by atoms with Gasteiger partial charge in [-0.15, -0.1) is 0 Å². The summed E-state index contributed by atoms with van der Waals surface area (Å²) in [5.41, 5.74) is 6.38. The highest BCUT2D eigenvalue weighted by molar-refractivity contribution is 6.09. The molecule has 1 unspecified atom stereocenters. The molecule has 1 aromatic carbocycles. The van der Waals surface area contributed by atoms with Crippen LogP contribution in [0.4, 0.5) is 0 Å². The van der Waals surface area contributed by atoms with E-state index in [0.29, 0.717) is 5.71 Å². The van der Waals surface area contributed by atoms with Gasteiger partial charge in [0.15, 0.2) is 0 Å². The van der Waals surface area contributed by atoms with E-state index < -0.39 is 5.92 Å². The Balaban J connectivity index is 1.76. The number of nitrogens with zero attached hydrogens (tertiary/aromatic N) is 2. The fourth-order valence-electron chi connectivity index (χ4n) is 1.83. The number of hydrazone groups is 2. The predicted octanol–water partition coefficient (Wildman–Crippen LogP) is 1.31. The van der Waals surface area contributed by atoms with E-state index in [1.165, 1.54) is 6.21 Å². The molecular weight excluding hydrogens is 268 g/mol. The molecule has 6 heteroatoms. The van der Waals surface area contributed by atoms with E-state index in [9.17, 15) is 9.59 Å². The summed E-state index contributed by atoms with van der Waals surface area (Å²) < 4.78 is 0. The molecule has 0 aromatic heterocycles. The van der Waals surface area contributed by atoms with E-state index in [2.05, 4.69) is 21.1 Å². The van der Waals surface area contributed by atoms with Crippen LogP contribution >= 0.6 is 0 Å². The maximum atomic E-state index is 11.6. The molecule has 1 aliphatic rings. The van der Waals surface area contributed by atoms with E-state index in [1.807, 2.05) is 36.4 Å². The predicted molar refractivity (Wildman–Crippen MR) is 81.5 cm³/mol. The molecule has 2 N–H and O–H groups in total. The first kappa shape index (κ1) is 14.6. The summed E-state index contributed by atoms with van der Waals surface area (Å²) in [7, 11) is 0. The SMILES string of the molecule is CC1=NNC(=O)C1CC(=O)N/N=C/C=C/c1ccccc1. The van der Waals surface area contributed by atoms with Gasteiger partial charge in [-0.05, 0) is 18.6 Å². The van der Waals surface area contributed by atoms with Crippen LogP contribution in [0.2, 0.25) is 0 Å². The van der Waals surface area contributed by atoms with Crippen LogP contribution in [0.25, 0.3) is 6.08 Å². The lowest BCUT2D eigenvalue weighted by Crippen LogP contribution is -2.29. The third-order valence-corrected chi connectivity index (χ3v) is 2.99. The van der Waals surface area contributed by atoms with Crippen molar-refractivity contribution < 1.29 is 9.59 Å². The zero-order chi connectivity index (χ0) is 15.1. The van der Waals surface area contributed by atoms with Gasteiger partial charge >= 0.3 is 0 Å². The maximum Gasteiger partial charge on any atom is 0.249 e. The molecule has 6 nitrogen and oxygen atoms in total. The first-order valence-electron chi connectivity index (χ1n) is 6.54. The molecule has 0 bridgehead atoms. The molecule has 0 spiro atoms. The van der Waals surface area contributed by atoms with Crippen LogP contribution in [0.5, 0.6) is 0 Å². The Bertz CT molecular complexity index is 605. The number of hydrogen-bond acceptors (Lipinski definition) is 4. The number of carbonyl (C=O) groups excluding carboxylic acids is 2. The zero-order valence-electron chi connectivity index (χ0n) is 11.6. The summed E-state index contributed by atoms with van der Waals surface area (Å²) in [6, 6.07) is 9.74. The molecule has 1 atom stereocenters. The molecular formula is C15H16N4O2. The van der Waals surface area contributed by atoms with Gasteiger partial charge in [0.1, 0.15) is 0 Å². The zero-order valence-corrected chi connectivity index (χ0v) is 11.6. The molecule has 0 radical (unpaired) electrons. The van der Waals surface area contributed by atoms with Crippen molar-refractivity contribution in [2.45, 2.75) is 13.3 Å². The average Bonchev–Trinajstić information content (AvgIpc) is 2.80. The van der Waals surface area contributed by atoms with Crippen LogP contribution in [-0.4, -0.2) is 23.7 Å². The highest BCUT2D eigenvalue weighted by Crippen LogP contribution is 2.11. The number of rotatable bonds is 5. The van der Waals surface area contributed by atoms with E-state index in [-0.39, 0.29) is 18.2 Å². The number of hydrogen-bond donors (Lipinski definition) is 2. The fraction of sp³-hybridized carbons (Fsp3) is 0.200. The van der Waals surface area contributed by atoms with Crippen molar-refractivity contribution in [2.24, 2.45) is 16.1 Å². The van der Waals surface area contributed by atoms with Crippen LogP contribution < -0.4 is 10.9 Å². The number of nitrogens with one attached hydrogen (secondary N) is 2. The minimum atomic E-state index is -0.500. The van der Waals surface area contributed by atoms with Crippen LogP contribution in [0.1, 0.15) is 18.9 Å². The number of benzene rings is 1. The summed E-state index contributed by atoms with van der Waals surface area (Å²) in [5.74, 6) is -1.08. The first-order valence-corrected chi connectivity index (χ1v) is 6.54. The molecule has 0 saturated heterocycles. The third-order valence-electron chi connectivity index (χ3n) is 2.99. The van der Waals surface area contributed by atoms with Crippen molar-refractivity contribution in [3.63, 3.8) is 0 Å². The second-order valence-electron chi connectivity index (χ2n) is 4.57. The number of carbonyl (C=O) groups is 2. The van der Waals surface area contributed by atoms with E-state index in [1.54, 1.807) is 13.0 Å². The summed E-state index contributed by atoms with van der Waals surface area (Å²) in [4.78, 5) is 23.0. The topological polar surface area (TPSA) is 82.9 Å². The maximum absolute atomic E-state index is 11.6. The van der Waals surface area contributed by atoms with Gasteiger partial charge in [0.05, 0.1) is 5.92 Å². The van der Waals surface area contributed by atoms with Crippen molar-refractivity contribution in [3.8, 4) is 0 Å². The quantitative estimate of drug-likeness (QED) is 0.631. The van der Waals surface area contributed by atoms with Gasteiger partial charge in [-0.25, -0.2) is 10.9 Å². The smallest absolute Gasteiger partial charge is 0.249 e. The summed E-state index contributed by atoms with van der Waals surface area (Å²) in [5, 5.41) is 7.58. The third kappa shape index (κ3) is 4.38. The lowest BCUT2D eigenvalue weighted by Gasteiger charge is -2.05. The molecule has 1 aromatic rings.